The van der Waals surface area contributed by atoms with Crippen molar-refractivity contribution in [3.05, 3.63) is 0 Å². The maximum absolute atomic E-state index is 12.5. The zero-order valence-corrected chi connectivity index (χ0v) is 33.8. The Kier molecular flexibility index (Phi) is 15.9. The van der Waals surface area contributed by atoms with Gasteiger partial charge >= 0.3 is 32.1 Å². The van der Waals surface area contributed by atoms with Crippen molar-refractivity contribution in [2.75, 3.05) is 41.2 Å². The summed E-state index contributed by atoms with van der Waals surface area (Å²) in [5, 5.41) is 0. The van der Waals surface area contributed by atoms with Gasteiger partial charge in [-0.1, -0.05) is 6.42 Å². The number of rotatable bonds is 16. The second kappa shape index (κ2) is 18.0. The van der Waals surface area contributed by atoms with Crippen LogP contribution in [-0.2, 0) is 39.5 Å². The maximum Gasteiger partial charge on any atom is 0.500 e. The van der Waals surface area contributed by atoms with Gasteiger partial charge in [-0.3, -0.25) is 0 Å². The van der Waals surface area contributed by atoms with Gasteiger partial charge in [0.2, 0.25) is 0 Å². The van der Waals surface area contributed by atoms with Crippen LogP contribution in [0.25, 0.3) is 0 Å². The largest absolute Gasteiger partial charge is 0.500 e. The maximum atomic E-state index is 12.5. The molecule has 0 spiro atoms. The Balaban J connectivity index is 1.67. The topological polar surface area (TPSA) is 86.4 Å². The molecular weight excluding hydrogens is 678 g/mol. The molecule has 0 bridgehead atoms. The first-order valence-corrected chi connectivity index (χ1v) is 28.7. The minimum Gasteiger partial charge on any atom is -0.438 e. The summed E-state index contributed by atoms with van der Waals surface area (Å²) in [7, 11) is -7.53. The van der Waals surface area contributed by atoms with Gasteiger partial charge in [-0.25, -0.2) is 0 Å². The summed E-state index contributed by atoms with van der Waals surface area (Å²) in [6.07, 6.45) is 3.83. The highest BCUT2D eigenvalue weighted by molar-refractivity contribution is 6.85. The summed E-state index contributed by atoms with van der Waals surface area (Å²) >= 11 is 0. The highest BCUT2D eigenvalue weighted by Gasteiger charge is 2.48. The van der Waals surface area contributed by atoms with Crippen molar-refractivity contribution in [3.63, 3.8) is 0 Å². The minimum absolute atomic E-state index is 0.298. The van der Waals surface area contributed by atoms with Crippen molar-refractivity contribution in [3.8, 4) is 0 Å². The Morgan fingerprint density at radius 3 is 2.27 bits per heavy atom. The third kappa shape index (κ3) is 14.1. The van der Waals surface area contributed by atoms with Crippen LogP contribution in [-0.4, -0.2) is 103 Å². The number of fused-ring (bicyclic) bond motifs is 1. The summed E-state index contributed by atoms with van der Waals surface area (Å²) in [5.41, 5.74) is 0. The van der Waals surface area contributed by atoms with E-state index in [0.29, 0.717) is 43.8 Å². The fraction of sp³-hybridized carbons (Fsp3) is 1.00. The van der Waals surface area contributed by atoms with Crippen molar-refractivity contribution in [2.24, 2.45) is 5.92 Å². The predicted molar refractivity (Wildman–Crippen MR) is 178 cm³/mol. The summed E-state index contributed by atoms with van der Waals surface area (Å²) in [6, 6.07) is 4.13. The second-order valence-corrected chi connectivity index (χ2v) is 30.2. The standard InChI is InChI=1S/C28H59F3O9Si5/c1-32-45(33-2,34-3)22-11-21-44(7)39-41(4)38-42(5,20-10-16-35-18-15-28(29,30)31)19-9-8-17-36-43(6,40-44)23-14-25-12-13-26-27(24-25)37-26/h25-27,41H,8-24H2,1-7H3. The summed E-state index contributed by atoms with van der Waals surface area (Å²) in [4.78, 5) is 0. The highest BCUT2D eigenvalue weighted by Crippen LogP contribution is 2.42. The Morgan fingerprint density at radius 1 is 0.867 bits per heavy atom. The fourth-order valence-electron chi connectivity index (χ4n) is 6.89. The molecule has 0 amide bonds. The van der Waals surface area contributed by atoms with E-state index in [1.54, 1.807) is 21.3 Å². The zero-order chi connectivity index (χ0) is 33.2. The smallest absolute Gasteiger partial charge is 0.438 e. The molecule has 1 aliphatic carbocycles. The van der Waals surface area contributed by atoms with Gasteiger partial charge in [0.1, 0.15) is 0 Å². The lowest BCUT2D eigenvalue weighted by Crippen LogP contribution is -2.56. The lowest BCUT2D eigenvalue weighted by Gasteiger charge is -2.41. The molecule has 2 heterocycles. The molecule has 0 radical (unpaired) electrons. The van der Waals surface area contributed by atoms with Crippen LogP contribution in [0.3, 0.4) is 0 Å². The van der Waals surface area contributed by atoms with Crippen LogP contribution in [0.5, 0.6) is 0 Å². The summed E-state index contributed by atoms with van der Waals surface area (Å²) < 4.78 is 93.4. The van der Waals surface area contributed by atoms with E-state index in [-0.39, 0.29) is 6.61 Å². The van der Waals surface area contributed by atoms with Crippen LogP contribution in [0.4, 0.5) is 13.2 Å². The lowest BCUT2D eigenvalue weighted by atomic mass is 9.88. The average Bonchev–Trinajstić information content (AvgIpc) is 3.74. The summed E-state index contributed by atoms with van der Waals surface area (Å²) in [6.45, 7) is 9.36. The molecule has 9 nitrogen and oxygen atoms in total. The molecule has 17 heteroatoms. The first kappa shape index (κ1) is 39.9. The predicted octanol–water partition coefficient (Wildman–Crippen LogP) is 7.00. The molecule has 2 aliphatic heterocycles. The number of alkyl halides is 3. The fourth-order valence-corrected chi connectivity index (χ4v) is 27.0. The van der Waals surface area contributed by atoms with E-state index >= 15 is 0 Å². The van der Waals surface area contributed by atoms with Crippen molar-refractivity contribution in [2.45, 2.75) is 133 Å². The van der Waals surface area contributed by atoms with Crippen molar-refractivity contribution in [1.29, 1.82) is 0 Å². The number of epoxide rings is 1. The molecule has 7 atom stereocenters. The van der Waals surface area contributed by atoms with E-state index < -0.39 is 56.1 Å². The molecule has 7 unspecified atom stereocenters. The SMILES string of the molecule is CO[Si](CCC[Si]1(C)O[SiH](C)O[Si](C)(CCCOCCC(F)(F)F)CCCCO[Si](C)(CCC2CCC3OC3C2)O1)(OC)OC. The van der Waals surface area contributed by atoms with Crippen molar-refractivity contribution < 1.29 is 52.7 Å². The first-order valence-electron chi connectivity index (χ1n) is 16.8. The van der Waals surface area contributed by atoms with Crippen molar-refractivity contribution >= 4 is 43.5 Å². The third-order valence-electron chi connectivity index (χ3n) is 9.50. The molecule has 2 saturated heterocycles. The minimum atomic E-state index is -4.19. The number of ether oxygens (including phenoxy) is 2. The van der Waals surface area contributed by atoms with Gasteiger partial charge in [-0.15, -0.1) is 0 Å². The highest BCUT2D eigenvalue weighted by atomic mass is 28.5. The molecule has 1 saturated carbocycles. The van der Waals surface area contributed by atoms with Gasteiger partial charge < -0.3 is 39.5 Å². The molecule has 0 N–H and O–H groups in total. The second-order valence-electron chi connectivity index (χ2n) is 13.6. The molecule has 3 fully saturated rings. The summed E-state index contributed by atoms with van der Waals surface area (Å²) in [5.74, 6) is 0.651. The molecule has 0 aromatic rings. The van der Waals surface area contributed by atoms with Gasteiger partial charge in [-0.2, -0.15) is 13.2 Å². The monoisotopic (exact) mass is 736 g/mol. The van der Waals surface area contributed by atoms with Gasteiger partial charge in [-0.05, 0) is 101 Å². The number of hydrogen-bond acceptors (Lipinski definition) is 9. The molecule has 3 aliphatic rings. The van der Waals surface area contributed by atoms with Crippen LogP contribution in [0.1, 0.15) is 57.8 Å². The van der Waals surface area contributed by atoms with Crippen LogP contribution in [0.2, 0.25) is 56.4 Å². The van der Waals surface area contributed by atoms with E-state index in [9.17, 15) is 13.2 Å². The quantitative estimate of drug-likeness (QED) is 0.0945. The molecule has 3 rings (SSSR count). The average molecular weight is 737 g/mol. The number of halogens is 3. The Bertz CT molecular complexity index is 872. The molecule has 266 valence electrons. The Labute approximate surface area is 275 Å². The number of hydrogen-bond donors (Lipinski definition) is 0. The van der Waals surface area contributed by atoms with Gasteiger partial charge in [0.05, 0.1) is 25.2 Å². The van der Waals surface area contributed by atoms with Crippen LogP contribution in [0.15, 0.2) is 0 Å². The van der Waals surface area contributed by atoms with Gasteiger partial charge in [0, 0.05) is 40.6 Å². The van der Waals surface area contributed by atoms with E-state index in [1.807, 2.05) is 0 Å². The molecule has 0 aromatic carbocycles. The molecular formula is C28H59F3O9Si5. The van der Waals surface area contributed by atoms with Crippen LogP contribution >= 0.6 is 0 Å². The van der Waals surface area contributed by atoms with Gasteiger partial charge in [0.15, 0.2) is 8.32 Å². The normalized spacial score (nSPS) is 35.3. The molecule has 45 heavy (non-hydrogen) atoms. The zero-order valence-electron chi connectivity index (χ0n) is 28.6. The van der Waals surface area contributed by atoms with E-state index in [4.69, 9.17) is 39.5 Å². The van der Waals surface area contributed by atoms with Gasteiger partial charge in [0.25, 0.3) is 9.28 Å². The van der Waals surface area contributed by atoms with E-state index in [1.165, 1.54) is 6.42 Å². The molecule has 0 aromatic heterocycles. The lowest BCUT2D eigenvalue weighted by molar-refractivity contribution is -0.145. The third-order valence-corrected chi connectivity index (χ3v) is 28.8. The first-order chi connectivity index (χ1) is 21.2. The van der Waals surface area contributed by atoms with Crippen molar-refractivity contribution in [1.82, 2.24) is 0 Å². The van der Waals surface area contributed by atoms with E-state index in [0.717, 1.165) is 62.7 Å². The Morgan fingerprint density at radius 2 is 1.60 bits per heavy atom. The van der Waals surface area contributed by atoms with Crippen LogP contribution in [0, 0.1) is 5.92 Å². The van der Waals surface area contributed by atoms with E-state index in [2.05, 4.69) is 26.2 Å². The Hall–Kier alpha value is 0.514. The van der Waals surface area contributed by atoms with Crippen LogP contribution < -0.4 is 0 Å².